The van der Waals surface area contributed by atoms with Crippen LogP contribution in [-0.4, -0.2) is 6.54 Å². The molecule has 1 aromatic carbocycles. The van der Waals surface area contributed by atoms with Gasteiger partial charge in [-0.25, -0.2) is 0 Å². The number of hydrogen-bond acceptors (Lipinski definition) is 1. The quantitative estimate of drug-likeness (QED) is 0.880. The predicted octanol–water partition coefficient (Wildman–Crippen LogP) is 3.80. The molecule has 2 N–H and O–H groups in total. The lowest BCUT2D eigenvalue weighted by Gasteiger charge is -2.06. The highest BCUT2D eigenvalue weighted by atomic mass is 79.9. The zero-order valence-corrected chi connectivity index (χ0v) is 11.3. The van der Waals surface area contributed by atoms with Crippen LogP contribution in [0.25, 0.3) is 0 Å². The van der Waals surface area contributed by atoms with E-state index in [4.69, 9.17) is 17.3 Å². The Kier molecular flexibility index (Phi) is 2.87. The molecule has 1 nitrogen and oxygen atoms in total. The molecule has 1 saturated carbocycles. The Hall–Kier alpha value is -0.0500. The van der Waals surface area contributed by atoms with Crippen molar-refractivity contribution in [2.24, 2.45) is 17.1 Å². The summed E-state index contributed by atoms with van der Waals surface area (Å²) in [7, 11) is 0. The molecule has 0 saturated heterocycles. The standard InChI is InChI=1S/C12H15BrClN/c1-12(2)9(6-15)11(12)8-5-7(14)3-4-10(8)13/h3-5,9,11H,6,15H2,1-2H3/t9-,11-/m1/s1. The molecular formula is C12H15BrClN. The summed E-state index contributed by atoms with van der Waals surface area (Å²) in [5.74, 6) is 1.11. The zero-order valence-electron chi connectivity index (χ0n) is 8.93. The molecule has 1 fully saturated rings. The maximum atomic E-state index is 6.02. The third-order valence-corrected chi connectivity index (χ3v) is 4.55. The van der Waals surface area contributed by atoms with E-state index in [1.807, 2.05) is 18.2 Å². The fourth-order valence-corrected chi connectivity index (χ4v) is 3.23. The van der Waals surface area contributed by atoms with Gasteiger partial charge in [-0.05, 0) is 47.6 Å². The van der Waals surface area contributed by atoms with Crippen molar-refractivity contribution in [1.29, 1.82) is 0 Å². The number of benzene rings is 1. The monoisotopic (exact) mass is 287 g/mol. The summed E-state index contributed by atoms with van der Waals surface area (Å²) >= 11 is 9.60. The van der Waals surface area contributed by atoms with Gasteiger partial charge in [0.1, 0.15) is 0 Å². The molecule has 0 unspecified atom stereocenters. The third kappa shape index (κ3) is 1.83. The van der Waals surface area contributed by atoms with E-state index in [9.17, 15) is 0 Å². The van der Waals surface area contributed by atoms with Crippen LogP contribution in [0.5, 0.6) is 0 Å². The van der Waals surface area contributed by atoms with Crippen LogP contribution in [-0.2, 0) is 0 Å². The lowest BCUT2D eigenvalue weighted by Crippen LogP contribution is -2.05. The Morgan fingerprint density at radius 2 is 2.13 bits per heavy atom. The van der Waals surface area contributed by atoms with Crippen LogP contribution in [0.15, 0.2) is 22.7 Å². The average Bonchev–Trinajstić information content (AvgIpc) is 2.72. The fraction of sp³-hybridized carbons (Fsp3) is 0.500. The second-order valence-corrected chi connectivity index (χ2v) is 6.10. The molecule has 2 atom stereocenters. The Bertz CT molecular complexity index is 389. The van der Waals surface area contributed by atoms with Gasteiger partial charge in [-0.2, -0.15) is 0 Å². The van der Waals surface area contributed by atoms with Gasteiger partial charge in [0, 0.05) is 9.50 Å². The number of nitrogens with two attached hydrogens (primary N) is 1. The Labute approximate surface area is 104 Å². The predicted molar refractivity (Wildman–Crippen MR) is 68.2 cm³/mol. The lowest BCUT2D eigenvalue weighted by atomic mass is 10.0. The van der Waals surface area contributed by atoms with Crippen LogP contribution in [0.2, 0.25) is 5.02 Å². The van der Waals surface area contributed by atoms with Crippen molar-refractivity contribution in [3.63, 3.8) is 0 Å². The van der Waals surface area contributed by atoms with Gasteiger partial charge in [-0.1, -0.05) is 41.4 Å². The second-order valence-electron chi connectivity index (χ2n) is 4.81. The molecule has 0 spiro atoms. The van der Waals surface area contributed by atoms with Crippen LogP contribution in [0.3, 0.4) is 0 Å². The molecule has 0 amide bonds. The summed E-state index contributed by atoms with van der Waals surface area (Å²) in [5, 5.41) is 0.798. The SMILES string of the molecule is CC1(C)[C@H](CN)[C@H]1c1cc(Cl)ccc1Br. The largest absolute Gasteiger partial charge is 0.330 e. The first-order chi connectivity index (χ1) is 6.98. The molecule has 1 aliphatic rings. The minimum atomic E-state index is 0.307. The topological polar surface area (TPSA) is 26.0 Å². The van der Waals surface area contributed by atoms with Crippen molar-refractivity contribution >= 4 is 27.5 Å². The van der Waals surface area contributed by atoms with E-state index >= 15 is 0 Å². The first kappa shape index (κ1) is 11.4. The summed E-state index contributed by atoms with van der Waals surface area (Å²) in [4.78, 5) is 0. The van der Waals surface area contributed by atoms with Crippen LogP contribution >= 0.6 is 27.5 Å². The molecule has 0 heterocycles. The van der Waals surface area contributed by atoms with E-state index in [0.29, 0.717) is 17.3 Å². The summed E-state index contributed by atoms with van der Waals surface area (Å²) in [6, 6.07) is 5.97. The average molecular weight is 289 g/mol. The smallest absolute Gasteiger partial charge is 0.0409 e. The molecule has 0 aromatic heterocycles. The van der Waals surface area contributed by atoms with Crippen molar-refractivity contribution in [2.75, 3.05) is 6.54 Å². The van der Waals surface area contributed by atoms with Gasteiger partial charge in [-0.15, -0.1) is 0 Å². The zero-order chi connectivity index (χ0) is 11.2. The van der Waals surface area contributed by atoms with Gasteiger partial charge in [-0.3, -0.25) is 0 Å². The minimum Gasteiger partial charge on any atom is -0.330 e. The number of halogens is 2. The van der Waals surface area contributed by atoms with Crippen molar-refractivity contribution in [3.8, 4) is 0 Å². The summed E-state index contributed by atoms with van der Waals surface area (Å²) < 4.78 is 1.14. The van der Waals surface area contributed by atoms with Crippen molar-refractivity contribution in [2.45, 2.75) is 19.8 Å². The van der Waals surface area contributed by atoms with Crippen LogP contribution in [0.1, 0.15) is 25.3 Å². The maximum Gasteiger partial charge on any atom is 0.0409 e. The van der Waals surface area contributed by atoms with Crippen LogP contribution < -0.4 is 5.73 Å². The first-order valence-electron chi connectivity index (χ1n) is 5.13. The molecular weight excluding hydrogens is 273 g/mol. The maximum absolute atomic E-state index is 6.02. The van der Waals surface area contributed by atoms with E-state index in [1.165, 1.54) is 5.56 Å². The first-order valence-corrected chi connectivity index (χ1v) is 6.30. The van der Waals surface area contributed by atoms with Gasteiger partial charge < -0.3 is 5.73 Å². The molecule has 1 aliphatic carbocycles. The molecule has 15 heavy (non-hydrogen) atoms. The summed E-state index contributed by atoms with van der Waals surface area (Å²) in [6.07, 6.45) is 0. The van der Waals surface area contributed by atoms with Crippen molar-refractivity contribution < 1.29 is 0 Å². The van der Waals surface area contributed by atoms with Gasteiger partial charge in [0.2, 0.25) is 0 Å². The molecule has 82 valence electrons. The highest BCUT2D eigenvalue weighted by Crippen LogP contribution is 2.64. The molecule has 0 aliphatic heterocycles. The van der Waals surface area contributed by atoms with Crippen LogP contribution in [0.4, 0.5) is 0 Å². The summed E-state index contributed by atoms with van der Waals surface area (Å²) in [6.45, 7) is 5.28. The van der Waals surface area contributed by atoms with Crippen molar-refractivity contribution in [3.05, 3.63) is 33.3 Å². The van der Waals surface area contributed by atoms with Gasteiger partial charge in [0.15, 0.2) is 0 Å². The Balaban J connectivity index is 2.36. The molecule has 3 heteroatoms. The van der Waals surface area contributed by atoms with E-state index in [-0.39, 0.29) is 0 Å². The van der Waals surface area contributed by atoms with E-state index in [1.54, 1.807) is 0 Å². The molecule has 1 aromatic rings. The van der Waals surface area contributed by atoms with E-state index in [2.05, 4.69) is 29.8 Å². The molecule has 0 radical (unpaired) electrons. The van der Waals surface area contributed by atoms with Gasteiger partial charge in [0.05, 0.1) is 0 Å². The Morgan fingerprint density at radius 1 is 1.47 bits per heavy atom. The minimum absolute atomic E-state index is 0.307. The molecule has 2 rings (SSSR count). The lowest BCUT2D eigenvalue weighted by molar-refractivity contribution is 0.558. The highest BCUT2D eigenvalue weighted by Gasteiger charge is 2.57. The van der Waals surface area contributed by atoms with E-state index < -0.39 is 0 Å². The Morgan fingerprint density at radius 3 is 2.67 bits per heavy atom. The number of hydrogen-bond donors (Lipinski definition) is 1. The third-order valence-electron chi connectivity index (χ3n) is 3.60. The molecule has 0 bridgehead atoms. The number of rotatable bonds is 2. The fourth-order valence-electron chi connectivity index (χ4n) is 2.55. The van der Waals surface area contributed by atoms with Gasteiger partial charge >= 0.3 is 0 Å². The second kappa shape index (κ2) is 3.76. The van der Waals surface area contributed by atoms with Crippen LogP contribution in [0, 0.1) is 11.3 Å². The van der Waals surface area contributed by atoms with Gasteiger partial charge in [0.25, 0.3) is 0 Å². The van der Waals surface area contributed by atoms with E-state index in [0.717, 1.165) is 16.0 Å². The highest BCUT2D eigenvalue weighted by molar-refractivity contribution is 9.10. The summed E-state index contributed by atoms with van der Waals surface area (Å²) in [5.41, 5.74) is 7.38. The van der Waals surface area contributed by atoms with Crippen molar-refractivity contribution in [1.82, 2.24) is 0 Å². The normalized spacial score (nSPS) is 27.8.